The van der Waals surface area contributed by atoms with E-state index in [0.29, 0.717) is 0 Å². The second-order valence-corrected chi connectivity index (χ2v) is 5.05. The first-order chi connectivity index (χ1) is 9.88. The third-order valence-electron chi connectivity index (χ3n) is 3.36. The van der Waals surface area contributed by atoms with Crippen LogP contribution in [0.4, 0.5) is 19.0 Å². The van der Waals surface area contributed by atoms with E-state index in [0.717, 1.165) is 38.4 Å². The van der Waals surface area contributed by atoms with Gasteiger partial charge in [0.25, 0.3) is 0 Å². The monoisotopic (exact) mass is 302 g/mol. The number of likely N-dealkylation sites (tertiary alicyclic amines) is 1. The molecule has 0 saturated carbocycles. The first-order valence-corrected chi connectivity index (χ1v) is 6.84. The molecule has 1 atom stereocenters. The fraction of sp³-hybridized carbons (Fsp3) is 0.615. The minimum Gasteiger partial charge on any atom is -0.357 e. The van der Waals surface area contributed by atoms with Gasteiger partial charge in [0.2, 0.25) is 5.91 Å². The maximum absolute atomic E-state index is 12.4. The Bertz CT molecular complexity index is 483. The van der Waals surface area contributed by atoms with Gasteiger partial charge in [-0.25, -0.2) is 0 Å². The number of hydrogen-bond donors (Lipinski definition) is 1. The van der Waals surface area contributed by atoms with Gasteiger partial charge in [0.15, 0.2) is 5.69 Å². The van der Waals surface area contributed by atoms with Gasteiger partial charge < -0.3 is 10.2 Å². The van der Waals surface area contributed by atoms with Crippen molar-refractivity contribution < 1.29 is 18.0 Å². The predicted octanol–water partition coefficient (Wildman–Crippen LogP) is 2.31. The Morgan fingerprint density at radius 3 is 2.43 bits per heavy atom. The molecule has 1 fully saturated rings. The molecule has 21 heavy (non-hydrogen) atoms. The van der Waals surface area contributed by atoms with Crippen LogP contribution in [-0.2, 0) is 11.0 Å². The Morgan fingerprint density at radius 1 is 1.24 bits per heavy atom. The third-order valence-corrected chi connectivity index (χ3v) is 3.36. The van der Waals surface area contributed by atoms with Crippen LogP contribution in [0.1, 0.15) is 31.9 Å². The van der Waals surface area contributed by atoms with Crippen LogP contribution in [0, 0.1) is 0 Å². The third kappa shape index (κ3) is 4.05. The van der Waals surface area contributed by atoms with Crippen LogP contribution >= 0.6 is 0 Å². The number of aromatic nitrogens is 2. The zero-order valence-electron chi connectivity index (χ0n) is 11.7. The summed E-state index contributed by atoms with van der Waals surface area (Å²) in [4.78, 5) is 13.9. The van der Waals surface area contributed by atoms with Crippen LogP contribution < -0.4 is 5.32 Å². The Balaban J connectivity index is 1.95. The summed E-state index contributed by atoms with van der Waals surface area (Å²) in [6, 6.07) is 1.47. The minimum atomic E-state index is -4.51. The molecule has 0 radical (unpaired) electrons. The molecule has 1 unspecified atom stereocenters. The Labute approximate surface area is 120 Å². The molecular formula is C13H17F3N4O. The van der Waals surface area contributed by atoms with E-state index in [1.165, 1.54) is 6.07 Å². The van der Waals surface area contributed by atoms with Gasteiger partial charge in [0, 0.05) is 13.1 Å². The summed E-state index contributed by atoms with van der Waals surface area (Å²) in [7, 11) is 0. The highest BCUT2D eigenvalue weighted by Gasteiger charge is 2.33. The topological polar surface area (TPSA) is 58.1 Å². The lowest BCUT2D eigenvalue weighted by Gasteiger charge is -2.29. The molecule has 2 heterocycles. The lowest BCUT2D eigenvalue weighted by molar-refractivity contribution is -0.141. The van der Waals surface area contributed by atoms with Crippen molar-refractivity contribution in [2.75, 3.05) is 18.4 Å². The van der Waals surface area contributed by atoms with Gasteiger partial charge in [-0.1, -0.05) is 0 Å². The summed E-state index contributed by atoms with van der Waals surface area (Å²) < 4.78 is 37.1. The first kappa shape index (κ1) is 15.5. The molecule has 2 rings (SSSR count). The molecule has 0 bridgehead atoms. The predicted molar refractivity (Wildman–Crippen MR) is 70.5 cm³/mol. The molecule has 8 heteroatoms. The largest absolute Gasteiger partial charge is 0.435 e. The molecule has 1 aromatic rings. The Kier molecular flexibility index (Phi) is 4.64. The Morgan fingerprint density at radius 2 is 1.90 bits per heavy atom. The van der Waals surface area contributed by atoms with E-state index in [4.69, 9.17) is 0 Å². The van der Waals surface area contributed by atoms with Gasteiger partial charge >= 0.3 is 6.18 Å². The number of halogens is 3. The summed E-state index contributed by atoms with van der Waals surface area (Å²) in [6.45, 7) is 3.11. The highest BCUT2D eigenvalue weighted by atomic mass is 19.4. The zero-order valence-corrected chi connectivity index (χ0v) is 11.7. The van der Waals surface area contributed by atoms with Crippen molar-refractivity contribution in [3.05, 3.63) is 17.8 Å². The average Bonchev–Trinajstić information content (AvgIpc) is 2.47. The molecule has 1 aromatic heterocycles. The summed E-state index contributed by atoms with van der Waals surface area (Å²) in [5, 5.41) is 9.36. The number of carbonyl (C=O) groups excluding carboxylic acids is 1. The van der Waals surface area contributed by atoms with E-state index in [-0.39, 0.29) is 11.7 Å². The van der Waals surface area contributed by atoms with Gasteiger partial charge in [-0.05, 0) is 38.3 Å². The van der Waals surface area contributed by atoms with Crippen LogP contribution in [-0.4, -0.2) is 40.1 Å². The fourth-order valence-electron chi connectivity index (χ4n) is 2.23. The normalized spacial score (nSPS) is 17.4. The van der Waals surface area contributed by atoms with Crippen molar-refractivity contribution in [1.82, 2.24) is 15.1 Å². The van der Waals surface area contributed by atoms with E-state index in [9.17, 15) is 18.0 Å². The smallest absolute Gasteiger partial charge is 0.357 e. The number of piperidine rings is 1. The van der Waals surface area contributed by atoms with Gasteiger partial charge in [-0.2, -0.15) is 13.2 Å². The molecule has 1 N–H and O–H groups in total. The summed E-state index contributed by atoms with van der Waals surface area (Å²) in [5.74, 6) is 0.0808. The number of amides is 1. The van der Waals surface area contributed by atoms with Crippen molar-refractivity contribution in [2.24, 2.45) is 0 Å². The second-order valence-electron chi connectivity index (χ2n) is 5.05. The van der Waals surface area contributed by atoms with Crippen LogP contribution in [0.25, 0.3) is 0 Å². The van der Waals surface area contributed by atoms with Crippen LogP contribution in [0.2, 0.25) is 0 Å². The fourth-order valence-corrected chi connectivity index (χ4v) is 2.23. The molecule has 116 valence electrons. The average molecular weight is 302 g/mol. The van der Waals surface area contributed by atoms with Crippen molar-refractivity contribution in [3.63, 3.8) is 0 Å². The van der Waals surface area contributed by atoms with E-state index in [2.05, 4.69) is 15.5 Å². The van der Waals surface area contributed by atoms with Crippen molar-refractivity contribution in [1.29, 1.82) is 0 Å². The maximum atomic E-state index is 12.4. The summed E-state index contributed by atoms with van der Waals surface area (Å²) in [5.41, 5.74) is -1.05. The van der Waals surface area contributed by atoms with Crippen LogP contribution in [0.15, 0.2) is 12.1 Å². The molecule has 0 aromatic carbocycles. The van der Waals surface area contributed by atoms with Gasteiger partial charge in [-0.3, -0.25) is 4.79 Å². The molecule has 0 aliphatic carbocycles. The van der Waals surface area contributed by atoms with Crippen molar-refractivity contribution in [2.45, 2.75) is 38.4 Å². The minimum absolute atomic E-state index is 0.0728. The number of nitrogens with one attached hydrogen (secondary N) is 1. The zero-order chi connectivity index (χ0) is 15.5. The SMILES string of the molecule is CC(Nc1ccc(C(F)(F)F)nn1)C(=O)N1CCCCC1. The summed E-state index contributed by atoms with van der Waals surface area (Å²) in [6.07, 6.45) is -1.42. The molecule has 1 saturated heterocycles. The molecule has 1 aliphatic rings. The van der Waals surface area contributed by atoms with Crippen molar-refractivity contribution in [3.8, 4) is 0 Å². The molecule has 1 amide bonds. The molecule has 0 spiro atoms. The summed E-state index contributed by atoms with van der Waals surface area (Å²) >= 11 is 0. The van der Waals surface area contributed by atoms with E-state index >= 15 is 0 Å². The number of nitrogens with zero attached hydrogens (tertiary/aromatic N) is 3. The van der Waals surface area contributed by atoms with E-state index < -0.39 is 17.9 Å². The van der Waals surface area contributed by atoms with Crippen LogP contribution in [0.3, 0.4) is 0 Å². The molecular weight excluding hydrogens is 285 g/mol. The number of hydrogen-bond acceptors (Lipinski definition) is 4. The lowest BCUT2D eigenvalue weighted by Crippen LogP contribution is -2.44. The number of rotatable bonds is 3. The van der Waals surface area contributed by atoms with Gasteiger partial charge in [0.05, 0.1) is 0 Å². The standard InChI is InChI=1S/C13H17F3N4O/c1-9(12(21)20-7-3-2-4-8-20)17-11-6-5-10(18-19-11)13(14,15)16/h5-6,9H,2-4,7-8H2,1H3,(H,17,19). The maximum Gasteiger partial charge on any atom is 0.435 e. The highest BCUT2D eigenvalue weighted by molar-refractivity contribution is 5.84. The van der Waals surface area contributed by atoms with Crippen molar-refractivity contribution >= 4 is 11.7 Å². The van der Waals surface area contributed by atoms with Gasteiger partial charge in [0.1, 0.15) is 11.9 Å². The first-order valence-electron chi connectivity index (χ1n) is 6.84. The number of carbonyl (C=O) groups is 1. The lowest BCUT2D eigenvalue weighted by atomic mass is 10.1. The Hall–Kier alpha value is -1.86. The number of alkyl halides is 3. The van der Waals surface area contributed by atoms with Gasteiger partial charge in [-0.15, -0.1) is 10.2 Å². The molecule has 5 nitrogen and oxygen atoms in total. The van der Waals surface area contributed by atoms with E-state index in [1.54, 1.807) is 11.8 Å². The second kappa shape index (κ2) is 6.28. The van der Waals surface area contributed by atoms with Crippen LogP contribution in [0.5, 0.6) is 0 Å². The number of anilines is 1. The quantitative estimate of drug-likeness (QED) is 0.931. The highest BCUT2D eigenvalue weighted by Crippen LogP contribution is 2.27. The molecule has 1 aliphatic heterocycles. The van der Waals surface area contributed by atoms with E-state index in [1.807, 2.05) is 0 Å².